The molecule has 0 saturated heterocycles. The number of sulfonamides is 1. The Kier molecular flexibility index (Phi) is 10.8. The average molecular weight is 604 g/mol. The van der Waals surface area contributed by atoms with Gasteiger partial charge in [-0.2, -0.15) is 0 Å². The Morgan fingerprint density at radius 2 is 1.51 bits per heavy atom. The van der Waals surface area contributed by atoms with E-state index in [2.05, 4.69) is 5.32 Å². The molecule has 7 nitrogen and oxygen atoms in total. The fourth-order valence-electron chi connectivity index (χ4n) is 3.36. The Balaban J connectivity index is 2.56. The first-order chi connectivity index (χ1) is 16.3. The minimum absolute atomic E-state index is 0.0194. The number of nitrogens with zero attached hydrogens (tertiary/aromatic N) is 2. The zero-order valence-electron chi connectivity index (χ0n) is 19.1. The summed E-state index contributed by atoms with van der Waals surface area (Å²) in [6.07, 6.45) is 1.18. The molecule has 0 heterocycles. The molecule has 0 radical (unpaired) electrons. The number of likely N-dealkylation sites (N-methyl/N-ethyl adjacent to an activating group) is 1. The lowest BCUT2D eigenvalue weighted by Crippen LogP contribution is -2.52. The van der Waals surface area contributed by atoms with Gasteiger partial charge in [0.15, 0.2) is 0 Å². The summed E-state index contributed by atoms with van der Waals surface area (Å²) in [5.74, 6) is -1.07. The molecule has 0 fully saturated rings. The first-order valence-corrected chi connectivity index (χ1v) is 14.2. The molecule has 0 aliphatic heterocycles. The number of hydrogen-bond acceptors (Lipinski definition) is 4. The molecular formula is C22H24Cl5N3O4S. The fourth-order valence-corrected chi connectivity index (χ4v) is 5.43. The summed E-state index contributed by atoms with van der Waals surface area (Å²) in [6.45, 7) is 3.05. The average Bonchev–Trinajstić information content (AvgIpc) is 2.76. The van der Waals surface area contributed by atoms with Crippen molar-refractivity contribution in [3.05, 3.63) is 61.0 Å². The topological polar surface area (TPSA) is 86.8 Å². The summed E-state index contributed by atoms with van der Waals surface area (Å²) in [6, 6.07) is 6.50. The van der Waals surface area contributed by atoms with Crippen LogP contribution in [-0.2, 0) is 26.2 Å². The van der Waals surface area contributed by atoms with Crippen molar-refractivity contribution in [1.82, 2.24) is 10.2 Å². The lowest BCUT2D eigenvalue weighted by molar-refractivity contribution is -0.140. The summed E-state index contributed by atoms with van der Waals surface area (Å²) in [5.41, 5.74) is 0.393. The number of halogens is 5. The zero-order chi connectivity index (χ0) is 26.5. The van der Waals surface area contributed by atoms with Gasteiger partial charge in [-0.05, 0) is 37.6 Å². The van der Waals surface area contributed by atoms with Crippen LogP contribution in [0.3, 0.4) is 0 Å². The third kappa shape index (κ3) is 7.54. The Hall–Kier alpha value is -1.42. The standard InChI is InChI=1S/C22H24Cl5N3O4S/c1-4-19(22(32)28-5-2)29(11-13-14(23)7-6-8-15(13)24)21(31)12-30(35(3,33)34)20-10-17(26)16(25)9-18(20)27/h6-10,19H,4-5,11-12H2,1-3H3,(H,28,32)/t19-/m0/s1. The molecule has 1 N–H and O–H groups in total. The number of carbonyl (C=O) groups is 2. The maximum atomic E-state index is 13.6. The van der Waals surface area contributed by atoms with E-state index in [1.807, 2.05) is 0 Å². The Bertz CT molecular complexity index is 1190. The van der Waals surface area contributed by atoms with E-state index < -0.39 is 34.4 Å². The number of benzene rings is 2. The van der Waals surface area contributed by atoms with Gasteiger partial charge in [0.25, 0.3) is 0 Å². The van der Waals surface area contributed by atoms with Crippen LogP contribution in [0.5, 0.6) is 0 Å². The van der Waals surface area contributed by atoms with Crippen LogP contribution in [0.1, 0.15) is 25.8 Å². The summed E-state index contributed by atoms with van der Waals surface area (Å²) < 4.78 is 26.2. The van der Waals surface area contributed by atoms with E-state index in [1.165, 1.54) is 17.0 Å². The van der Waals surface area contributed by atoms with Crippen molar-refractivity contribution in [2.45, 2.75) is 32.9 Å². The van der Waals surface area contributed by atoms with Crippen molar-refractivity contribution in [2.24, 2.45) is 0 Å². The van der Waals surface area contributed by atoms with Gasteiger partial charge in [0.05, 0.1) is 27.0 Å². The summed E-state index contributed by atoms with van der Waals surface area (Å²) >= 11 is 30.9. The minimum Gasteiger partial charge on any atom is -0.355 e. The van der Waals surface area contributed by atoms with E-state index in [1.54, 1.807) is 32.0 Å². The molecule has 0 aromatic heterocycles. The van der Waals surface area contributed by atoms with Gasteiger partial charge in [0.1, 0.15) is 12.6 Å². The Morgan fingerprint density at radius 3 is 2.03 bits per heavy atom. The second-order valence-electron chi connectivity index (χ2n) is 7.53. The molecule has 35 heavy (non-hydrogen) atoms. The van der Waals surface area contributed by atoms with E-state index in [0.717, 1.165) is 10.6 Å². The Labute approximate surface area is 230 Å². The lowest BCUT2D eigenvalue weighted by atomic mass is 10.1. The maximum Gasteiger partial charge on any atom is 0.244 e. The van der Waals surface area contributed by atoms with Gasteiger partial charge in [-0.15, -0.1) is 0 Å². The third-order valence-electron chi connectivity index (χ3n) is 5.06. The van der Waals surface area contributed by atoms with E-state index in [4.69, 9.17) is 58.0 Å². The van der Waals surface area contributed by atoms with Crippen molar-refractivity contribution in [2.75, 3.05) is 23.7 Å². The SMILES string of the molecule is CCNC(=O)[C@H](CC)N(Cc1c(Cl)cccc1Cl)C(=O)CN(c1cc(Cl)c(Cl)cc1Cl)S(C)(=O)=O. The maximum absolute atomic E-state index is 13.6. The van der Waals surface area contributed by atoms with Crippen molar-refractivity contribution in [1.29, 1.82) is 0 Å². The van der Waals surface area contributed by atoms with Gasteiger partial charge in [-0.3, -0.25) is 13.9 Å². The van der Waals surface area contributed by atoms with Crippen LogP contribution in [0.25, 0.3) is 0 Å². The smallest absolute Gasteiger partial charge is 0.244 e. The number of nitrogens with one attached hydrogen (secondary N) is 1. The van der Waals surface area contributed by atoms with E-state index in [9.17, 15) is 18.0 Å². The van der Waals surface area contributed by atoms with E-state index >= 15 is 0 Å². The monoisotopic (exact) mass is 601 g/mol. The molecule has 0 aliphatic rings. The van der Waals surface area contributed by atoms with Crippen LogP contribution in [0.4, 0.5) is 5.69 Å². The van der Waals surface area contributed by atoms with Crippen LogP contribution >= 0.6 is 58.0 Å². The minimum atomic E-state index is -4.00. The first-order valence-electron chi connectivity index (χ1n) is 10.4. The van der Waals surface area contributed by atoms with Gasteiger partial charge < -0.3 is 10.2 Å². The quantitative estimate of drug-likeness (QED) is 0.355. The highest BCUT2D eigenvalue weighted by Crippen LogP contribution is 2.36. The predicted molar refractivity (Wildman–Crippen MR) is 143 cm³/mol. The number of anilines is 1. The van der Waals surface area contributed by atoms with Crippen molar-refractivity contribution in [3.63, 3.8) is 0 Å². The molecule has 0 saturated carbocycles. The molecule has 0 aliphatic carbocycles. The molecule has 2 amide bonds. The molecule has 1 atom stereocenters. The zero-order valence-corrected chi connectivity index (χ0v) is 23.7. The highest BCUT2D eigenvalue weighted by molar-refractivity contribution is 7.92. The first kappa shape index (κ1) is 29.8. The molecular weight excluding hydrogens is 580 g/mol. The van der Waals surface area contributed by atoms with E-state index in [0.29, 0.717) is 22.2 Å². The molecule has 2 aromatic carbocycles. The molecule has 13 heteroatoms. The molecule has 0 bridgehead atoms. The van der Waals surface area contributed by atoms with Gasteiger partial charge in [-0.1, -0.05) is 71.0 Å². The third-order valence-corrected chi connectivity index (χ3v) is 7.92. The van der Waals surface area contributed by atoms with Crippen molar-refractivity contribution in [3.8, 4) is 0 Å². The number of rotatable bonds is 10. The molecule has 0 spiro atoms. The van der Waals surface area contributed by atoms with Gasteiger partial charge in [0.2, 0.25) is 21.8 Å². The van der Waals surface area contributed by atoms with Crippen LogP contribution in [-0.4, -0.2) is 50.5 Å². The largest absolute Gasteiger partial charge is 0.355 e. The molecule has 0 unspecified atom stereocenters. The number of carbonyl (C=O) groups excluding carboxylic acids is 2. The van der Waals surface area contributed by atoms with Gasteiger partial charge >= 0.3 is 0 Å². The highest BCUT2D eigenvalue weighted by Gasteiger charge is 2.33. The predicted octanol–water partition coefficient (Wildman–Crippen LogP) is 5.66. The van der Waals surface area contributed by atoms with Gasteiger partial charge in [-0.25, -0.2) is 8.42 Å². The molecule has 192 valence electrons. The highest BCUT2D eigenvalue weighted by atomic mass is 35.5. The van der Waals surface area contributed by atoms with E-state index in [-0.39, 0.29) is 33.7 Å². The molecule has 2 aromatic rings. The Morgan fingerprint density at radius 1 is 0.943 bits per heavy atom. The summed E-state index contributed by atoms with van der Waals surface area (Å²) in [7, 11) is -4.00. The second-order valence-corrected chi connectivity index (χ2v) is 11.5. The molecule has 2 rings (SSSR count). The second kappa shape index (κ2) is 12.7. The summed E-state index contributed by atoms with van der Waals surface area (Å²) in [5, 5.41) is 3.46. The van der Waals surface area contributed by atoms with Crippen LogP contribution in [0.15, 0.2) is 30.3 Å². The van der Waals surface area contributed by atoms with Crippen molar-refractivity contribution >= 4 is 85.5 Å². The fraction of sp³-hybridized carbons (Fsp3) is 0.364. The number of amides is 2. The van der Waals surface area contributed by atoms with Crippen LogP contribution in [0, 0.1) is 0 Å². The van der Waals surface area contributed by atoms with Crippen LogP contribution in [0.2, 0.25) is 25.1 Å². The lowest BCUT2D eigenvalue weighted by Gasteiger charge is -2.33. The summed E-state index contributed by atoms with van der Waals surface area (Å²) in [4.78, 5) is 27.7. The number of hydrogen-bond donors (Lipinski definition) is 1. The van der Waals surface area contributed by atoms with Gasteiger partial charge in [0, 0.05) is 28.7 Å². The van der Waals surface area contributed by atoms with Crippen molar-refractivity contribution < 1.29 is 18.0 Å². The normalized spacial score (nSPS) is 12.2. The van der Waals surface area contributed by atoms with Crippen LogP contribution < -0.4 is 9.62 Å².